The maximum absolute atomic E-state index is 5.32. The standard InChI is InChI=1S/C11H17OSi/c1-8-6-10(13(4)5)7-9(2)11(8)12-3/h6-7H,1-5H3. The molecule has 0 N–H and O–H groups in total. The van der Waals surface area contributed by atoms with E-state index in [1.54, 1.807) is 7.11 Å². The van der Waals surface area contributed by atoms with Gasteiger partial charge in [-0.2, -0.15) is 0 Å². The summed E-state index contributed by atoms with van der Waals surface area (Å²) < 4.78 is 5.32. The minimum absolute atomic E-state index is 0.337. The Morgan fingerprint density at radius 2 is 1.54 bits per heavy atom. The zero-order valence-corrected chi connectivity index (χ0v) is 10.1. The van der Waals surface area contributed by atoms with Gasteiger partial charge >= 0.3 is 0 Å². The molecule has 1 aromatic carbocycles. The van der Waals surface area contributed by atoms with Crippen LogP contribution in [0.4, 0.5) is 0 Å². The van der Waals surface area contributed by atoms with Gasteiger partial charge in [0.15, 0.2) is 0 Å². The van der Waals surface area contributed by atoms with Crippen molar-refractivity contribution in [2.45, 2.75) is 26.9 Å². The molecular formula is C11H17OSi. The lowest BCUT2D eigenvalue weighted by Gasteiger charge is -2.12. The number of benzene rings is 1. The normalized spacial score (nSPS) is 10.6. The molecule has 0 aliphatic heterocycles. The first-order valence-electron chi connectivity index (χ1n) is 4.52. The molecule has 0 amide bonds. The van der Waals surface area contributed by atoms with Crippen molar-refractivity contribution < 1.29 is 4.74 Å². The highest BCUT2D eigenvalue weighted by molar-refractivity contribution is 6.70. The van der Waals surface area contributed by atoms with Crippen LogP contribution in [-0.4, -0.2) is 15.9 Å². The van der Waals surface area contributed by atoms with Crippen molar-refractivity contribution >= 4 is 14.0 Å². The fourth-order valence-electron chi connectivity index (χ4n) is 1.56. The van der Waals surface area contributed by atoms with Crippen molar-refractivity contribution in [1.29, 1.82) is 0 Å². The first kappa shape index (κ1) is 10.3. The molecule has 0 aromatic heterocycles. The molecule has 1 radical (unpaired) electrons. The van der Waals surface area contributed by atoms with Crippen LogP contribution >= 0.6 is 0 Å². The van der Waals surface area contributed by atoms with Crippen LogP contribution in [-0.2, 0) is 0 Å². The van der Waals surface area contributed by atoms with Crippen LogP contribution in [0.25, 0.3) is 0 Å². The summed E-state index contributed by atoms with van der Waals surface area (Å²) in [5.41, 5.74) is 2.51. The second kappa shape index (κ2) is 3.96. The van der Waals surface area contributed by atoms with E-state index < -0.39 is 0 Å². The fourth-order valence-corrected chi connectivity index (χ4v) is 2.57. The van der Waals surface area contributed by atoms with Crippen molar-refractivity contribution in [3.8, 4) is 5.75 Å². The number of ether oxygens (including phenoxy) is 1. The van der Waals surface area contributed by atoms with Crippen LogP contribution in [0.3, 0.4) is 0 Å². The molecule has 0 unspecified atom stereocenters. The number of hydrogen-bond acceptors (Lipinski definition) is 1. The number of rotatable bonds is 2. The summed E-state index contributed by atoms with van der Waals surface area (Å²) in [5.74, 6) is 1.03. The van der Waals surface area contributed by atoms with Crippen LogP contribution in [0.2, 0.25) is 13.1 Å². The van der Waals surface area contributed by atoms with E-state index in [2.05, 4.69) is 39.1 Å². The van der Waals surface area contributed by atoms with E-state index in [-0.39, 0.29) is 8.80 Å². The van der Waals surface area contributed by atoms with Crippen molar-refractivity contribution in [2.24, 2.45) is 0 Å². The SMILES string of the molecule is COc1c(C)cc([Si](C)C)cc1C. The molecule has 2 heteroatoms. The maximum atomic E-state index is 5.32. The first-order chi connectivity index (χ1) is 6.06. The van der Waals surface area contributed by atoms with Gasteiger partial charge in [0.1, 0.15) is 5.75 Å². The van der Waals surface area contributed by atoms with Gasteiger partial charge < -0.3 is 4.74 Å². The molecule has 0 aliphatic carbocycles. The Morgan fingerprint density at radius 3 is 1.85 bits per heavy atom. The monoisotopic (exact) mass is 193 g/mol. The molecule has 1 aromatic rings. The molecule has 0 bridgehead atoms. The summed E-state index contributed by atoms with van der Waals surface area (Å²) in [4.78, 5) is 0. The lowest BCUT2D eigenvalue weighted by atomic mass is 10.1. The summed E-state index contributed by atoms with van der Waals surface area (Å²) in [7, 11) is 1.40. The zero-order valence-electron chi connectivity index (χ0n) is 9.06. The average Bonchev–Trinajstić information content (AvgIpc) is 2.03. The number of hydrogen-bond donors (Lipinski definition) is 0. The summed E-state index contributed by atoms with van der Waals surface area (Å²) in [6, 6.07) is 4.50. The average molecular weight is 193 g/mol. The van der Waals surface area contributed by atoms with Crippen LogP contribution in [0, 0.1) is 13.8 Å². The van der Waals surface area contributed by atoms with Gasteiger partial charge in [-0.3, -0.25) is 0 Å². The second-order valence-electron chi connectivity index (χ2n) is 3.64. The summed E-state index contributed by atoms with van der Waals surface area (Å²) in [5, 5.41) is 1.49. The third-order valence-electron chi connectivity index (χ3n) is 2.24. The molecule has 13 heavy (non-hydrogen) atoms. The van der Waals surface area contributed by atoms with E-state index >= 15 is 0 Å². The molecule has 0 saturated heterocycles. The van der Waals surface area contributed by atoms with Crippen LogP contribution in [0.1, 0.15) is 11.1 Å². The van der Waals surface area contributed by atoms with Crippen molar-refractivity contribution in [1.82, 2.24) is 0 Å². The fraction of sp³-hybridized carbons (Fsp3) is 0.455. The van der Waals surface area contributed by atoms with Gasteiger partial charge in [0.05, 0.1) is 15.9 Å². The third-order valence-corrected chi connectivity index (χ3v) is 3.69. The largest absolute Gasteiger partial charge is 0.496 e. The Bertz CT molecular complexity index is 282. The first-order valence-corrected chi connectivity index (χ1v) is 7.02. The Hall–Kier alpha value is -0.763. The molecule has 0 fully saturated rings. The van der Waals surface area contributed by atoms with Gasteiger partial charge in [-0.1, -0.05) is 30.4 Å². The van der Waals surface area contributed by atoms with E-state index in [9.17, 15) is 0 Å². The summed E-state index contributed by atoms with van der Waals surface area (Å²) in [6.45, 7) is 8.84. The Balaban J connectivity index is 3.20. The lowest BCUT2D eigenvalue weighted by molar-refractivity contribution is 0.408. The highest BCUT2D eigenvalue weighted by atomic mass is 28.3. The smallest absolute Gasteiger partial charge is 0.124 e. The van der Waals surface area contributed by atoms with Gasteiger partial charge in [0.2, 0.25) is 0 Å². The molecule has 71 valence electrons. The molecule has 0 atom stereocenters. The van der Waals surface area contributed by atoms with E-state index in [1.807, 2.05) is 0 Å². The lowest BCUT2D eigenvalue weighted by Crippen LogP contribution is -2.23. The zero-order chi connectivity index (χ0) is 10.0. The molecule has 0 spiro atoms. The molecule has 1 rings (SSSR count). The summed E-state index contributed by atoms with van der Waals surface area (Å²) in [6.07, 6.45) is 0. The van der Waals surface area contributed by atoms with Gasteiger partial charge in [-0.15, -0.1) is 0 Å². The molecule has 0 saturated carbocycles. The van der Waals surface area contributed by atoms with Crippen LogP contribution < -0.4 is 9.92 Å². The topological polar surface area (TPSA) is 9.23 Å². The highest BCUT2D eigenvalue weighted by Gasteiger charge is 2.07. The van der Waals surface area contributed by atoms with E-state index in [0.717, 1.165) is 5.75 Å². The van der Waals surface area contributed by atoms with Gasteiger partial charge in [-0.25, -0.2) is 0 Å². The van der Waals surface area contributed by atoms with Crippen LogP contribution in [0.5, 0.6) is 5.75 Å². The van der Waals surface area contributed by atoms with Gasteiger partial charge in [0.25, 0.3) is 0 Å². The molecular weight excluding hydrogens is 176 g/mol. The number of aryl methyl sites for hydroxylation is 2. The second-order valence-corrected chi connectivity index (χ2v) is 6.22. The Morgan fingerprint density at radius 1 is 1.08 bits per heavy atom. The van der Waals surface area contributed by atoms with Crippen molar-refractivity contribution in [3.05, 3.63) is 23.3 Å². The third kappa shape index (κ3) is 2.13. The predicted molar refractivity (Wildman–Crippen MR) is 59.6 cm³/mol. The van der Waals surface area contributed by atoms with E-state index in [1.165, 1.54) is 16.3 Å². The van der Waals surface area contributed by atoms with Gasteiger partial charge in [-0.05, 0) is 25.0 Å². The minimum Gasteiger partial charge on any atom is -0.496 e. The predicted octanol–water partition coefficient (Wildman–Crippen LogP) is 2.27. The van der Waals surface area contributed by atoms with Crippen molar-refractivity contribution in [2.75, 3.05) is 7.11 Å². The number of methoxy groups -OCH3 is 1. The Labute approximate surface area is 82.3 Å². The van der Waals surface area contributed by atoms with E-state index in [0.29, 0.717) is 0 Å². The molecule has 0 heterocycles. The van der Waals surface area contributed by atoms with Crippen molar-refractivity contribution in [3.63, 3.8) is 0 Å². The van der Waals surface area contributed by atoms with Gasteiger partial charge in [0, 0.05) is 0 Å². The molecule has 0 aliphatic rings. The highest BCUT2D eigenvalue weighted by Crippen LogP contribution is 2.20. The minimum atomic E-state index is -0.337. The van der Waals surface area contributed by atoms with Crippen LogP contribution in [0.15, 0.2) is 12.1 Å². The Kier molecular flexibility index (Phi) is 3.15. The quantitative estimate of drug-likeness (QED) is 0.655. The molecule has 1 nitrogen and oxygen atoms in total. The summed E-state index contributed by atoms with van der Waals surface area (Å²) >= 11 is 0. The maximum Gasteiger partial charge on any atom is 0.124 e. The van der Waals surface area contributed by atoms with E-state index in [4.69, 9.17) is 4.74 Å².